The van der Waals surface area contributed by atoms with Gasteiger partial charge in [-0.3, -0.25) is 4.90 Å². The van der Waals surface area contributed by atoms with Gasteiger partial charge in [-0.05, 0) is 45.7 Å². The summed E-state index contributed by atoms with van der Waals surface area (Å²) >= 11 is 0. The normalized spacial score (nSPS) is 22.4. The van der Waals surface area contributed by atoms with Crippen LogP contribution in [0.3, 0.4) is 0 Å². The number of hydrogen-bond donors (Lipinski definition) is 2. The molecular weight excluding hydrogens is 371 g/mol. The number of aliphatic hydroxyl groups is 1. The topological polar surface area (TPSA) is 70.0 Å². The zero-order valence-corrected chi connectivity index (χ0v) is 15.9. The zero-order chi connectivity index (χ0) is 20.1. The Bertz CT molecular complexity index is 969. The molecule has 1 aliphatic carbocycles. The van der Waals surface area contributed by atoms with E-state index in [1.165, 1.54) is 4.90 Å². The third-order valence-electron chi connectivity index (χ3n) is 5.72. The molecule has 1 atom stereocenters. The van der Waals surface area contributed by atoms with Crippen LogP contribution in [-0.4, -0.2) is 55.3 Å². The number of nitrogens with one attached hydrogen (secondary N) is 1. The average Bonchev–Trinajstić information content (AvgIpc) is 3.24. The molecule has 0 saturated heterocycles. The van der Waals surface area contributed by atoms with Crippen molar-refractivity contribution in [1.82, 2.24) is 24.4 Å². The van der Waals surface area contributed by atoms with Crippen molar-refractivity contribution in [1.29, 1.82) is 0 Å². The fourth-order valence-electron chi connectivity index (χ4n) is 4.44. The van der Waals surface area contributed by atoms with E-state index < -0.39 is 18.8 Å². The highest BCUT2D eigenvalue weighted by Crippen LogP contribution is 2.37. The lowest BCUT2D eigenvalue weighted by Crippen LogP contribution is -2.41. The summed E-state index contributed by atoms with van der Waals surface area (Å²) in [5, 5.41) is 11.2. The van der Waals surface area contributed by atoms with E-state index in [1.807, 2.05) is 12.3 Å². The second kappa shape index (κ2) is 7.04. The van der Waals surface area contributed by atoms with E-state index in [9.17, 15) is 18.3 Å². The maximum atomic E-state index is 12.7. The lowest BCUT2D eigenvalue weighted by molar-refractivity contribution is -0.148. The largest absolute Gasteiger partial charge is 0.401 e. The van der Waals surface area contributed by atoms with Crippen molar-refractivity contribution in [3.63, 3.8) is 0 Å². The predicted molar refractivity (Wildman–Crippen MR) is 100.0 cm³/mol. The first-order chi connectivity index (χ1) is 13.2. The van der Waals surface area contributed by atoms with Gasteiger partial charge in [-0.15, -0.1) is 0 Å². The molecule has 0 amide bonds. The number of pyridine rings is 1. The van der Waals surface area contributed by atoms with Crippen LogP contribution in [0.4, 0.5) is 13.2 Å². The third-order valence-corrected chi connectivity index (χ3v) is 5.72. The molecule has 2 N–H and O–H groups in total. The quantitative estimate of drug-likeness (QED) is 0.702. The number of aromatic amines is 1. The second-order valence-electron chi connectivity index (χ2n) is 7.74. The van der Waals surface area contributed by atoms with Crippen molar-refractivity contribution in [2.24, 2.45) is 0 Å². The number of hydrogen-bond acceptors (Lipinski definition) is 4. The fraction of sp³-hybridized carbons (Fsp3) is 0.579. The molecule has 4 rings (SSSR count). The number of halogens is 3. The first kappa shape index (κ1) is 19.2. The maximum absolute atomic E-state index is 12.7. The van der Waals surface area contributed by atoms with Crippen LogP contribution in [-0.2, 0) is 0 Å². The van der Waals surface area contributed by atoms with Gasteiger partial charge < -0.3 is 14.7 Å². The molecule has 28 heavy (non-hydrogen) atoms. The summed E-state index contributed by atoms with van der Waals surface area (Å²) in [6, 6.07) is 1.94. The maximum Gasteiger partial charge on any atom is 0.401 e. The number of rotatable bonds is 4. The lowest BCUT2D eigenvalue weighted by Gasteiger charge is -2.36. The van der Waals surface area contributed by atoms with Crippen molar-refractivity contribution in [3.8, 4) is 0 Å². The van der Waals surface area contributed by atoms with Gasteiger partial charge in [0.1, 0.15) is 23.1 Å². The standard InChI is InChI=1S/C19H24F3N5O/c1-11(28)18-25-15-9-24-17-14(7-8-23-17)16(15)27(18)13-5-3-12(4-6-13)26(2)10-19(20,21)22/h7-9,11-13,28H,3-6,10H2,1-2H3,(H,23,24). The molecule has 1 fully saturated rings. The Balaban J connectivity index is 1.64. The Morgan fingerprint density at radius 1 is 1.32 bits per heavy atom. The highest BCUT2D eigenvalue weighted by Gasteiger charge is 2.34. The summed E-state index contributed by atoms with van der Waals surface area (Å²) < 4.78 is 40.2. The van der Waals surface area contributed by atoms with Gasteiger partial charge in [0.25, 0.3) is 0 Å². The van der Waals surface area contributed by atoms with Gasteiger partial charge in [-0.2, -0.15) is 13.2 Å². The van der Waals surface area contributed by atoms with Gasteiger partial charge in [-0.25, -0.2) is 9.97 Å². The molecule has 1 aliphatic rings. The van der Waals surface area contributed by atoms with Gasteiger partial charge in [0.2, 0.25) is 0 Å². The molecule has 9 heteroatoms. The van der Waals surface area contributed by atoms with Crippen LogP contribution in [0.25, 0.3) is 22.1 Å². The highest BCUT2D eigenvalue weighted by molar-refractivity contribution is 6.01. The summed E-state index contributed by atoms with van der Waals surface area (Å²) in [4.78, 5) is 13.5. The van der Waals surface area contributed by atoms with E-state index in [1.54, 1.807) is 20.2 Å². The Kier molecular flexibility index (Phi) is 4.83. The summed E-state index contributed by atoms with van der Waals surface area (Å²) in [7, 11) is 1.54. The number of H-pyrrole nitrogens is 1. The molecule has 1 unspecified atom stereocenters. The second-order valence-corrected chi connectivity index (χ2v) is 7.74. The smallest absolute Gasteiger partial charge is 0.385 e. The summed E-state index contributed by atoms with van der Waals surface area (Å²) in [6.45, 7) is 0.799. The van der Waals surface area contributed by atoms with E-state index >= 15 is 0 Å². The molecule has 0 aromatic carbocycles. The Hall–Kier alpha value is -2.13. The first-order valence-electron chi connectivity index (χ1n) is 9.53. The molecule has 3 heterocycles. The zero-order valence-electron chi connectivity index (χ0n) is 15.9. The van der Waals surface area contributed by atoms with E-state index in [2.05, 4.69) is 19.5 Å². The minimum atomic E-state index is -4.18. The van der Waals surface area contributed by atoms with Crippen LogP contribution in [0.1, 0.15) is 50.6 Å². The SMILES string of the molecule is CC(O)c1nc2cnc3[nH]ccc3c2n1C1CCC(N(C)CC(F)(F)F)CC1. The molecule has 0 aliphatic heterocycles. The molecule has 0 radical (unpaired) electrons. The van der Waals surface area contributed by atoms with Crippen molar-refractivity contribution in [2.45, 2.75) is 57.0 Å². The van der Waals surface area contributed by atoms with Gasteiger partial charge in [0.15, 0.2) is 0 Å². The molecule has 0 spiro atoms. The van der Waals surface area contributed by atoms with Crippen molar-refractivity contribution in [3.05, 3.63) is 24.3 Å². The van der Waals surface area contributed by atoms with E-state index in [0.29, 0.717) is 18.7 Å². The van der Waals surface area contributed by atoms with Gasteiger partial charge in [0.05, 0.1) is 18.3 Å². The van der Waals surface area contributed by atoms with Crippen molar-refractivity contribution >= 4 is 22.1 Å². The summed E-state index contributed by atoms with van der Waals surface area (Å²) in [6.07, 6.45) is 1.43. The number of fused-ring (bicyclic) bond motifs is 3. The molecular formula is C19H24F3N5O. The number of imidazole rings is 1. The molecule has 1 saturated carbocycles. The minimum absolute atomic E-state index is 0.0865. The van der Waals surface area contributed by atoms with Crippen LogP contribution in [0, 0.1) is 0 Å². The van der Waals surface area contributed by atoms with Crippen LogP contribution >= 0.6 is 0 Å². The highest BCUT2D eigenvalue weighted by atomic mass is 19.4. The van der Waals surface area contributed by atoms with Crippen LogP contribution < -0.4 is 0 Å². The monoisotopic (exact) mass is 395 g/mol. The number of aromatic nitrogens is 4. The average molecular weight is 395 g/mol. The Morgan fingerprint density at radius 3 is 2.68 bits per heavy atom. The van der Waals surface area contributed by atoms with Gasteiger partial charge in [0, 0.05) is 23.7 Å². The van der Waals surface area contributed by atoms with Crippen LogP contribution in [0.15, 0.2) is 18.5 Å². The molecule has 152 valence electrons. The number of nitrogens with zero attached hydrogens (tertiary/aromatic N) is 4. The molecule has 3 aromatic rings. The first-order valence-corrected chi connectivity index (χ1v) is 9.53. The van der Waals surface area contributed by atoms with Gasteiger partial charge in [-0.1, -0.05) is 0 Å². The van der Waals surface area contributed by atoms with Crippen LogP contribution in [0.2, 0.25) is 0 Å². The molecule has 0 bridgehead atoms. The minimum Gasteiger partial charge on any atom is -0.385 e. The van der Waals surface area contributed by atoms with Gasteiger partial charge >= 0.3 is 6.18 Å². The van der Waals surface area contributed by atoms with E-state index in [-0.39, 0.29) is 12.1 Å². The lowest BCUT2D eigenvalue weighted by atomic mass is 9.89. The number of aliphatic hydroxyl groups excluding tert-OH is 1. The van der Waals surface area contributed by atoms with Crippen molar-refractivity contribution < 1.29 is 18.3 Å². The summed E-state index contributed by atoms with van der Waals surface area (Å²) in [5.74, 6) is 0.581. The predicted octanol–water partition coefficient (Wildman–Crippen LogP) is 3.94. The molecule has 3 aromatic heterocycles. The third kappa shape index (κ3) is 3.48. The Labute approximate surface area is 160 Å². The number of alkyl halides is 3. The van der Waals surface area contributed by atoms with Crippen LogP contribution in [0.5, 0.6) is 0 Å². The summed E-state index contributed by atoms with van der Waals surface area (Å²) in [5.41, 5.74) is 2.40. The van der Waals surface area contributed by atoms with E-state index in [0.717, 1.165) is 34.9 Å². The Morgan fingerprint density at radius 2 is 2.04 bits per heavy atom. The fourth-order valence-corrected chi connectivity index (χ4v) is 4.44. The van der Waals surface area contributed by atoms with E-state index in [4.69, 9.17) is 0 Å². The molecule has 6 nitrogen and oxygen atoms in total. The van der Waals surface area contributed by atoms with Crippen molar-refractivity contribution in [2.75, 3.05) is 13.6 Å².